The molecule has 0 N–H and O–H groups in total. The summed E-state index contributed by atoms with van der Waals surface area (Å²) in [5, 5.41) is 6.92. The fourth-order valence-electron chi connectivity index (χ4n) is 6.05. The highest BCUT2D eigenvalue weighted by Gasteiger charge is 2.33. The molecule has 174 valence electrons. The van der Waals surface area contributed by atoms with Crippen LogP contribution in [0.15, 0.2) is 132 Å². The molecular formula is C34H21O2P. The average Bonchev–Trinajstić information content (AvgIpc) is 3.49. The SMILES string of the molecule is O=P(c1ccccc1)(c1ccccc1)c1cccc2oc3cc4c(cc3c12)-c1cccc2cccc-4c12. The fourth-order valence-corrected chi connectivity index (χ4v) is 8.93. The van der Waals surface area contributed by atoms with Crippen molar-refractivity contribution in [3.63, 3.8) is 0 Å². The number of hydrogen-bond acceptors (Lipinski definition) is 2. The van der Waals surface area contributed by atoms with Gasteiger partial charge in [-0.15, -0.1) is 0 Å². The summed E-state index contributed by atoms with van der Waals surface area (Å²) in [6.45, 7) is 0. The van der Waals surface area contributed by atoms with E-state index in [1.807, 2.05) is 78.9 Å². The molecule has 0 unspecified atom stereocenters. The normalized spacial score (nSPS) is 12.4. The van der Waals surface area contributed by atoms with E-state index in [2.05, 4.69) is 48.5 Å². The lowest BCUT2D eigenvalue weighted by atomic mass is 10.0. The van der Waals surface area contributed by atoms with Crippen LogP contribution in [0.1, 0.15) is 0 Å². The molecule has 1 aromatic heterocycles. The van der Waals surface area contributed by atoms with Crippen molar-refractivity contribution in [2.75, 3.05) is 0 Å². The highest BCUT2D eigenvalue weighted by atomic mass is 31.2. The van der Waals surface area contributed by atoms with E-state index < -0.39 is 7.14 Å². The van der Waals surface area contributed by atoms with E-state index in [1.165, 1.54) is 33.0 Å². The van der Waals surface area contributed by atoms with Gasteiger partial charge in [0.1, 0.15) is 11.2 Å². The van der Waals surface area contributed by atoms with Crippen LogP contribution in [0.5, 0.6) is 0 Å². The van der Waals surface area contributed by atoms with Crippen LogP contribution < -0.4 is 15.9 Å². The van der Waals surface area contributed by atoms with Gasteiger partial charge in [-0.2, -0.15) is 0 Å². The van der Waals surface area contributed by atoms with E-state index in [1.54, 1.807) is 0 Å². The molecule has 0 atom stereocenters. The number of furan rings is 1. The maximum Gasteiger partial charge on any atom is 0.171 e. The molecule has 6 aromatic carbocycles. The third-order valence-electron chi connectivity index (χ3n) is 7.68. The summed E-state index contributed by atoms with van der Waals surface area (Å²) in [6, 6.07) is 43.0. The molecule has 0 fully saturated rings. The highest BCUT2D eigenvalue weighted by Crippen LogP contribution is 2.51. The van der Waals surface area contributed by atoms with Crippen LogP contribution >= 0.6 is 7.14 Å². The van der Waals surface area contributed by atoms with Crippen LogP contribution in [0, 0.1) is 0 Å². The Morgan fingerprint density at radius 1 is 0.486 bits per heavy atom. The molecule has 0 bridgehead atoms. The summed E-state index contributed by atoms with van der Waals surface area (Å²) in [5.74, 6) is 0. The zero-order valence-electron chi connectivity index (χ0n) is 19.9. The second-order valence-corrected chi connectivity index (χ2v) is 12.4. The Morgan fingerprint density at radius 3 is 1.73 bits per heavy atom. The molecule has 1 aliphatic carbocycles. The van der Waals surface area contributed by atoms with Crippen LogP contribution in [0.2, 0.25) is 0 Å². The van der Waals surface area contributed by atoms with Crippen LogP contribution in [0.4, 0.5) is 0 Å². The predicted molar refractivity (Wildman–Crippen MR) is 155 cm³/mol. The number of fused-ring (bicyclic) bond motifs is 6. The zero-order chi connectivity index (χ0) is 24.6. The summed E-state index contributed by atoms with van der Waals surface area (Å²) in [4.78, 5) is 0. The Hall–Kier alpha value is -4.39. The number of hydrogen-bond donors (Lipinski definition) is 0. The van der Waals surface area contributed by atoms with Gasteiger partial charge in [-0.3, -0.25) is 0 Å². The summed E-state index contributed by atoms with van der Waals surface area (Å²) < 4.78 is 21.8. The van der Waals surface area contributed by atoms with E-state index >= 15 is 4.57 Å². The summed E-state index contributed by atoms with van der Waals surface area (Å²) in [6.07, 6.45) is 0. The van der Waals surface area contributed by atoms with E-state index in [0.717, 1.165) is 37.9 Å². The molecule has 0 radical (unpaired) electrons. The van der Waals surface area contributed by atoms with Crippen molar-refractivity contribution < 1.29 is 8.98 Å². The molecule has 8 rings (SSSR count). The van der Waals surface area contributed by atoms with Gasteiger partial charge < -0.3 is 8.98 Å². The molecule has 0 amide bonds. The van der Waals surface area contributed by atoms with Crippen molar-refractivity contribution >= 4 is 55.8 Å². The minimum atomic E-state index is -3.18. The van der Waals surface area contributed by atoms with Gasteiger partial charge in [-0.25, -0.2) is 0 Å². The largest absolute Gasteiger partial charge is 0.456 e. The Labute approximate surface area is 214 Å². The third-order valence-corrected chi connectivity index (χ3v) is 10.8. The standard InChI is InChI=1S/C34H21O2P/c35-37(23-12-3-1-4-13-23,24-14-5-2-6-15-24)32-19-9-18-30-34(32)29-20-27-25-16-7-10-22-11-8-17-26(33(22)25)28(27)21-31(29)36-30/h1-21H. The topological polar surface area (TPSA) is 30.2 Å². The molecular weight excluding hydrogens is 471 g/mol. The highest BCUT2D eigenvalue weighted by molar-refractivity contribution is 7.85. The van der Waals surface area contributed by atoms with Gasteiger partial charge in [-0.05, 0) is 57.3 Å². The van der Waals surface area contributed by atoms with E-state index in [9.17, 15) is 0 Å². The van der Waals surface area contributed by atoms with E-state index in [0.29, 0.717) is 0 Å². The first-order valence-corrected chi connectivity index (χ1v) is 14.2. The minimum Gasteiger partial charge on any atom is -0.456 e. The van der Waals surface area contributed by atoms with Crippen molar-refractivity contribution in [2.24, 2.45) is 0 Å². The first kappa shape index (κ1) is 20.8. The second kappa shape index (κ2) is 7.56. The first-order chi connectivity index (χ1) is 18.2. The second-order valence-electron chi connectivity index (χ2n) is 9.64. The molecule has 3 heteroatoms. The Morgan fingerprint density at radius 2 is 1.08 bits per heavy atom. The Kier molecular flexibility index (Phi) is 4.24. The number of rotatable bonds is 3. The smallest absolute Gasteiger partial charge is 0.171 e. The van der Waals surface area contributed by atoms with Gasteiger partial charge in [0.15, 0.2) is 7.14 Å². The van der Waals surface area contributed by atoms with E-state index in [4.69, 9.17) is 4.42 Å². The molecule has 0 aliphatic heterocycles. The predicted octanol–water partition coefficient (Wildman–Crippen LogP) is 8.03. The Balaban J connectivity index is 1.48. The van der Waals surface area contributed by atoms with Crippen molar-refractivity contribution in [2.45, 2.75) is 0 Å². The molecule has 0 spiro atoms. The van der Waals surface area contributed by atoms with Gasteiger partial charge in [0.2, 0.25) is 0 Å². The lowest BCUT2D eigenvalue weighted by Gasteiger charge is -2.20. The Bertz CT molecular complexity index is 2000. The minimum absolute atomic E-state index is 0.759. The van der Waals surface area contributed by atoms with Crippen molar-refractivity contribution in [1.29, 1.82) is 0 Å². The van der Waals surface area contributed by atoms with Gasteiger partial charge in [0.05, 0.1) is 0 Å². The molecule has 0 saturated heterocycles. The van der Waals surface area contributed by atoms with Crippen LogP contribution in [0.25, 0.3) is 55.0 Å². The van der Waals surface area contributed by atoms with Crippen molar-refractivity contribution in [3.8, 4) is 22.3 Å². The van der Waals surface area contributed by atoms with Crippen molar-refractivity contribution in [3.05, 3.63) is 127 Å². The molecule has 1 heterocycles. The molecule has 1 aliphatic rings. The van der Waals surface area contributed by atoms with Crippen LogP contribution in [-0.4, -0.2) is 0 Å². The van der Waals surface area contributed by atoms with Crippen LogP contribution in [-0.2, 0) is 4.57 Å². The lowest BCUT2D eigenvalue weighted by molar-refractivity contribution is 0.592. The quantitative estimate of drug-likeness (QED) is 0.234. The average molecular weight is 493 g/mol. The van der Waals surface area contributed by atoms with Crippen LogP contribution in [0.3, 0.4) is 0 Å². The van der Waals surface area contributed by atoms with Gasteiger partial charge in [-0.1, -0.05) is 103 Å². The summed E-state index contributed by atoms with van der Waals surface area (Å²) >= 11 is 0. The van der Waals surface area contributed by atoms with Gasteiger partial charge >= 0.3 is 0 Å². The summed E-state index contributed by atoms with van der Waals surface area (Å²) in [7, 11) is -3.18. The molecule has 0 saturated carbocycles. The zero-order valence-corrected chi connectivity index (χ0v) is 20.8. The van der Waals surface area contributed by atoms with E-state index in [-0.39, 0.29) is 0 Å². The summed E-state index contributed by atoms with van der Waals surface area (Å²) in [5.41, 5.74) is 6.45. The van der Waals surface area contributed by atoms with Gasteiger partial charge in [0.25, 0.3) is 0 Å². The molecule has 2 nitrogen and oxygen atoms in total. The lowest BCUT2D eigenvalue weighted by Crippen LogP contribution is -2.25. The number of benzene rings is 6. The maximum atomic E-state index is 15.3. The van der Waals surface area contributed by atoms with Crippen molar-refractivity contribution in [1.82, 2.24) is 0 Å². The monoisotopic (exact) mass is 492 g/mol. The molecule has 7 aromatic rings. The third kappa shape index (κ3) is 2.79. The molecule has 37 heavy (non-hydrogen) atoms. The fraction of sp³-hybridized carbons (Fsp3) is 0. The maximum absolute atomic E-state index is 15.3. The van der Waals surface area contributed by atoms with Gasteiger partial charge in [0, 0.05) is 26.7 Å². The first-order valence-electron chi connectivity index (χ1n) is 12.5.